The first-order chi connectivity index (χ1) is 17.6. The molecule has 36 heavy (non-hydrogen) atoms. The SMILES string of the molecule is CCCc1c(O)nc2ccccc2c1CCC.N=C=O.N=C=O.c1ccc(Cc2ccccc2)cc1. The smallest absolute Gasteiger partial charge is 0.231 e. The van der Waals surface area contributed by atoms with Gasteiger partial charge in [-0.25, -0.2) is 25.4 Å². The Bertz CT molecular complexity index is 1180. The van der Waals surface area contributed by atoms with Gasteiger partial charge in [-0.15, -0.1) is 0 Å². The standard InChI is InChI=1S/C15H19NO.C13H12.2CHNO/c1-3-7-11-12-9-5-6-10-14(12)16-15(17)13(11)8-4-2;1-3-7-12(8-4-1)11-13-9-5-2-6-10-13;2*2-1-3/h5-6,9-10H,3-4,7-8H2,1-2H3,(H,16,17);1-10H,11H2;2*2H. The minimum atomic E-state index is 0.217. The molecule has 1 heterocycles. The van der Waals surface area contributed by atoms with Gasteiger partial charge < -0.3 is 5.11 Å². The molecule has 4 aromatic rings. The lowest BCUT2D eigenvalue weighted by atomic mass is 9.96. The van der Waals surface area contributed by atoms with Crippen LogP contribution in [0.1, 0.15) is 48.9 Å². The van der Waals surface area contributed by atoms with E-state index < -0.39 is 0 Å². The third-order valence-electron chi connectivity index (χ3n) is 5.18. The molecule has 0 amide bonds. The van der Waals surface area contributed by atoms with Crippen molar-refractivity contribution in [2.24, 2.45) is 0 Å². The zero-order valence-corrected chi connectivity index (χ0v) is 20.8. The van der Waals surface area contributed by atoms with Crippen LogP contribution in [0.4, 0.5) is 0 Å². The number of hydrogen-bond acceptors (Lipinski definition) is 6. The van der Waals surface area contributed by atoms with Crippen molar-refractivity contribution in [3.63, 3.8) is 0 Å². The lowest BCUT2D eigenvalue weighted by Gasteiger charge is -2.13. The molecule has 0 saturated heterocycles. The number of aromatic hydroxyl groups is 1. The van der Waals surface area contributed by atoms with Crippen LogP contribution in [0.5, 0.6) is 5.88 Å². The molecule has 0 bridgehead atoms. The molecular weight excluding hydrogens is 450 g/mol. The number of pyridine rings is 1. The fourth-order valence-corrected chi connectivity index (χ4v) is 3.78. The molecule has 0 atom stereocenters. The van der Waals surface area contributed by atoms with Crippen LogP contribution in [0, 0.1) is 10.8 Å². The maximum Gasteiger partial charge on any atom is 0.231 e. The van der Waals surface area contributed by atoms with E-state index in [4.69, 9.17) is 20.4 Å². The van der Waals surface area contributed by atoms with Gasteiger partial charge in [-0.2, -0.15) is 0 Å². The average molecular weight is 484 g/mol. The highest BCUT2D eigenvalue weighted by Gasteiger charge is 2.12. The second kappa shape index (κ2) is 18.0. The van der Waals surface area contributed by atoms with Gasteiger partial charge in [-0.05, 0) is 42.0 Å². The van der Waals surface area contributed by atoms with Crippen molar-refractivity contribution < 1.29 is 14.7 Å². The van der Waals surface area contributed by atoms with Gasteiger partial charge in [0.05, 0.1) is 5.52 Å². The number of aryl methyl sites for hydroxylation is 1. The van der Waals surface area contributed by atoms with Gasteiger partial charge in [0.1, 0.15) is 0 Å². The van der Waals surface area contributed by atoms with Crippen LogP contribution in [0.3, 0.4) is 0 Å². The maximum atomic E-state index is 10.0. The highest BCUT2D eigenvalue weighted by molar-refractivity contribution is 5.84. The van der Waals surface area contributed by atoms with E-state index in [1.807, 2.05) is 18.2 Å². The van der Waals surface area contributed by atoms with E-state index in [0.717, 1.165) is 55.3 Å². The van der Waals surface area contributed by atoms with Crippen molar-refractivity contribution >= 4 is 23.1 Å². The monoisotopic (exact) mass is 483 g/mol. The summed E-state index contributed by atoms with van der Waals surface area (Å²) in [7, 11) is 0. The molecule has 0 fully saturated rings. The summed E-state index contributed by atoms with van der Waals surface area (Å²) in [5, 5.41) is 22.0. The van der Waals surface area contributed by atoms with Crippen molar-refractivity contribution in [2.45, 2.75) is 46.0 Å². The molecule has 0 aliphatic carbocycles. The topological polar surface area (TPSA) is 115 Å². The number of fused-ring (bicyclic) bond motifs is 1. The largest absolute Gasteiger partial charge is 0.493 e. The van der Waals surface area contributed by atoms with E-state index in [2.05, 4.69) is 85.6 Å². The minimum absolute atomic E-state index is 0.217. The molecule has 0 saturated carbocycles. The van der Waals surface area contributed by atoms with E-state index >= 15 is 0 Å². The number of aromatic nitrogens is 1. The lowest BCUT2D eigenvalue weighted by Crippen LogP contribution is -1.98. The van der Waals surface area contributed by atoms with Crippen LogP contribution in [0.15, 0.2) is 84.9 Å². The number of isocyanates is 2. The Morgan fingerprint density at radius 3 is 1.58 bits per heavy atom. The quantitative estimate of drug-likeness (QED) is 0.204. The van der Waals surface area contributed by atoms with Crippen molar-refractivity contribution in [3.8, 4) is 5.88 Å². The molecular formula is C30H33N3O3. The highest BCUT2D eigenvalue weighted by Crippen LogP contribution is 2.29. The number of benzene rings is 3. The van der Waals surface area contributed by atoms with Gasteiger partial charge in [0, 0.05) is 10.9 Å². The molecule has 0 radical (unpaired) electrons. The van der Waals surface area contributed by atoms with Crippen LogP contribution in [0.25, 0.3) is 10.9 Å². The molecule has 3 aromatic carbocycles. The van der Waals surface area contributed by atoms with Gasteiger partial charge in [0.2, 0.25) is 18.0 Å². The van der Waals surface area contributed by atoms with Crippen LogP contribution in [-0.2, 0) is 28.9 Å². The molecule has 0 unspecified atom stereocenters. The Labute approximate surface area is 212 Å². The fraction of sp³-hybridized carbons (Fsp3) is 0.233. The molecule has 3 N–H and O–H groups in total. The van der Waals surface area contributed by atoms with Crippen molar-refractivity contribution in [1.82, 2.24) is 4.98 Å². The van der Waals surface area contributed by atoms with Gasteiger partial charge in [-0.3, -0.25) is 0 Å². The number of rotatable bonds is 6. The normalized spacial score (nSPS) is 9.17. The number of hydrogen-bond donors (Lipinski definition) is 3. The molecule has 0 spiro atoms. The molecule has 4 rings (SSSR count). The number of nitrogens with one attached hydrogen (secondary N) is 2. The summed E-state index contributed by atoms with van der Waals surface area (Å²) in [4.78, 5) is 21.0. The first kappa shape index (κ1) is 29.7. The first-order valence-corrected chi connectivity index (χ1v) is 11.8. The Kier molecular flexibility index (Phi) is 14.8. The average Bonchev–Trinajstić information content (AvgIpc) is 2.89. The third-order valence-corrected chi connectivity index (χ3v) is 5.18. The first-order valence-electron chi connectivity index (χ1n) is 11.8. The van der Waals surface area contributed by atoms with E-state index in [-0.39, 0.29) is 5.88 Å². The van der Waals surface area contributed by atoms with Crippen LogP contribution >= 0.6 is 0 Å². The Hall–Kier alpha value is -4.37. The summed E-state index contributed by atoms with van der Waals surface area (Å²) < 4.78 is 0. The van der Waals surface area contributed by atoms with Gasteiger partial charge in [-0.1, -0.05) is 106 Å². The zero-order valence-electron chi connectivity index (χ0n) is 20.8. The van der Waals surface area contributed by atoms with Gasteiger partial charge >= 0.3 is 0 Å². The summed E-state index contributed by atoms with van der Waals surface area (Å²) in [6, 6.07) is 29.1. The molecule has 0 aliphatic rings. The summed E-state index contributed by atoms with van der Waals surface area (Å²) >= 11 is 0. The zero-order chi connectivity index (χ0) is 26.6. The minimum Gasteiger partial charge on any atom is -0.493 e. The van der Waals surface area contributed by atoms with E-state index in [1.165, 1.54) is 22.1 Å². The molecule has 186 valence electrons. The van der Waals surface area contributed by atoms with Gasteiger partial charge in [0.25, 0.3) is 0 Å². The Morgan fingerprint density at radius 2 is 1.11 bits per heavy atom. The second-order valence-corrected chi connectivity index (χ2v) is 7.76. The molecule has 0 aliphatic heterocycles. The predicted molar refractivity (Wildman–Crippen MR) is 144 cm³/mol. The molecule has 6 nitrogen and oxygen atoms in total. The van der Waals surface area contributed by atoms with E-state index in [9.17, 15) is 5.11 Å². The van der Waals surface area contributed by atoms with E-state index in [0.29, 0.717) is 0 Å². The third kappa shape index (κ3) is 10.3. The number of carbonyl (C=O) groups excluding carboxylic acids is 2. The summed E-state index contributed by atoms with van der Waals surface area (Å²) in [5.74, 6) is 0.217. The van der Waals surface area contributed by atoms with Crippen LogP contribution < -0.4 is 0 Å². The van der Waals surface area contributed by atoms with Gasteiger partial charge in [0.15, 0.2) is 0 Å². The summed E-state index contributed by atoms with van der Waals surface area (Å²) in [5.41, 5.74) is 5.95. The number of nitrogens with zero attached hydrogens (tertiary/aromatic N) is 1. The Morgan fingerprint density at radius 1 is 0.694 bits per heavy atom. The van der Waals surface area contributed by atoms with Crippen molar-refractivity contribution in [2.75, 3.05) is 0 Å². The van der Waals surface area contributed by atoms with E-state index in [1.54, 1.807) is 0 Å². The number of para-hydroxylation sites is 1. The van der Waals surface area contributed by atoms with Crippen LogP contribution in [-0.4, -0.2) is 22.3 Å². The second-order valence-electron chi connectivity index (χ2n) is 7.76. The Balaban J connectivity index is 0.000000302. The predicted octanol–water partition coefficient (Wildman–Crippen LogP) is 6.92. The molecule has 6 heteroatoms. The summed E-state index contributed by atoms with van der Waals surface area (Å²) in [6.45, 7) is 4.30. The lowest BCUT2D eigenvalue weighted by molar-refractivity contribution is 0.447. The fourth-order valence-electron chi connectivity index (χ4n) is 3.78. The van der Waals surface area contributed by atoms with Crippen molar-refractivity contribution in [3.05, 3.63) is 107 Å². The summed E-state index contributed by atoms with van der Waals surface area (Å²) in [6.07, 6.45) is 6.56. The van der Waals surface area contributed by atoms with Crippen LogP contribution in [0.2, 0.25) is 0 Å². The maximum absolute atomic E-state index is 10.0. The molecule has 1 aromatic heterocycles. The van der Waals surface area contributed by atoms with Crippen molar-refractivity contribution in [1.29, 1.82) is 10.8 Å². The highest BCUT2D eigenvalue weighted by atomic mass is 16.3.